The first kappa shape index (κ1) is 5.54. The van der Waals surface area contributed by atoms with Gasteiger partial charge in [0, 0.05) is 5.54 Å². The summed E-state index contributed by atoms with van der Waals surface area (Å²) in [4.78, 5) is 0. The van der Waals surface area contributed by atoms with E-state index < -0.39 is 0 Å². The summed E-state index contributed by atoms with van der Waals surface area (Å²) in [6.45, 7) is 5.34. The van der Waals surface area contributed by atoms with Crippen LogP contribution in [0, 0.1) is 0 Å². The smallest absolute Gasteiger partial charge is 0.152 e. The van der Waals surface area contributed by atoms with Crippen molar-refractivity contribution in [3.05, 3.63) is 12.2 Å². The largest absolute Gasteiger partial charge is 0.322 e. The quantitative estimate of drug-likeness (QED) is 0.377. The van der Waals surface area contributed by atoms with Crippen LogP contribution >= 0.6 is 0 Å². The molecule has 2 heteroatoms. The molecule has 2 N–H and O–H groups in total. The lowest BCUT2D eigenvalue weighted by atomic mass is 9.16. The highest BCUT2D eigenvalue weighted by Gasteiger charge is 2.58. The molecule has 3 atom stereocenters. The van der Waals surface area contributed by atoms with Crippen LogP contribution in [0.1, 0.15) is 6.92 Å². The summed E-state index contributed by atoms with van der Waals surface area (Å²) in [6.07, 6.45) is 4.40. The van der Waals surface area contributed by atoms with Crippen molar-refractivity contribution in [2.75, 3.05) is 0 Å². The molecule has 1 aliphatic heterocycles. The molecule has 0 aromatic rings. The van der Waals surface area contributed by atoms with E-state index in [1.165, 1.54) is 0 Å². The van der Waals surface area contributed by atoms with Crippen molar-refractivity contribution in [2.45, 2.75) is 30.9 Å². The van der Waals surface area contributed by atoms with Gasteiger partial charge in [0.25, 0.3) is 0 Å². The number of fused-ring (bicyclic) bond motifs is 1. The van der Waals surface area contributed by atoms with Gasteiger partial charge in [-0.15, -0.1) is 0 Å². The summed E-state index contributed by atoms with van der Waals surface area (Å²) in [5.41, 5.74) is 6.11. The normalized spacial score (nSPS) is 53.9. The van der Waals surface area contributed by atoms with E-state index in [0.717, 1.165) is 6.71 Å². The van der Waals surface area contributed by atoms with Crippen molar-refractivity contribution in [1.82, 2.24) is 0 Å². The molecule has 0 saturated carbocycles. The van der Waals surface area contributed by atoms with E-state index in [0.29, 0.717) is 11.6 Å². The Hall–Kier alpha value is -0.235. The van der Waals surface area contributed by atoms with Crippen LogP contribution in [0.4, 0.5) is 0 Å². The average Bonchev–Trinajstić information content (AvgIpc) is 1.82. The van der Waals surface area contributed by atoms with Crippen LogP contribution in [0.3, 0.4) is 0 Å². The van der Waals surface area contributed by atoms with E-state index in [1.54, 1.807) is 0 Å². The van der Waals surface area contributed by atoms with Gasteiger partial charge >= 0.3 is 0 Å². The van der Waals surface area contributed by atoms with Crippen LogP contribution in [0.5, 0.6) is 0 Å². The van der Waals surface area contributed by atoms with Crippen molar-refractivity contribution in [3.63, 3.8) is 0 Å². The summed E-state index contributed by atoms with van der Waals surface area (Å²) in [7, 11) is 0. The zero-order valence-corrected chi connectivity index (χ0v) is 5.96. The van der Waals surface area contributed by atoms with Crippen LogP contribution in [0.2, 0.25) is 18.5 Å². The Labute approximate surface area is 56.4 Å². The molecular formula is C7H12BN. The van der Waals surface area contributed by atoms with E-state index in [4.69, 9.17) is 5.73 Å². The zero-order chi connectivity index (χ0) is 6.65. The average molecular weight is 121 g/mol. The molecular weight excluding hydrogens is 109 g/mol. The molecule has 0 spiro atoms. The van der Waals surface area contributed by atoms with E-state index >= 15 is 0 Å². The Morgan fingerprint density at radius 3 is 2.44 bits per heavy atom. The Morgan fingerprint density at radius 2 is 2.33 bits per heavy atom. The fourth-order valence-electron chi connectivity index (χ4n) is 2.16. The lowest BCUT2D eigenvalue weighted by molar-refractivity contribution is 0.400. The van der Waals surface area contributed by atoms with E-state index in [-0.39, 0.29) is 5.54 Å². The molecule has 1 heterocycles. The molecule has 9 heavy (non-hydrogen) atoms. The van der Waals surface area contributed by atoms with Gasteiger partial charge in [0.2, 0.25) is 0 Å². The third-order valence-corrected chi connectivity index (χ3v) is 3.31. The molecule has 0 aromatic heterocycles. The molecule has 0 aromatic carbocycles. The summed E-state index contributed by atoms with van der Waals surface area (Å²) < 4.78 is 0. The van der Waals surface area contributed by atoms with Crippen molar-refractivity contribution >= 4 is 6.71 Å². The third kappa shape index (κ3) is 0.389. The van der Waals surface area contributed by atoms with Gasteiger partial charge in [0.1, 0.15) is 0 Å². The van der Waals surface area contributed by atoms with Crippen molar-refractivity contribution in [1.29, 1.82) is 0 Å². The van der Waals surface area contributed by atoms with Gasteiger partial charge in [-0.3, -0.25) is 0 Å². The number of rotatable bonds is 0. The van der Waals surface area contributed by atoms with Crippen LogP contribution < -0.4 is 5.73 Å². The van der Waals surface area contributed by atoms with Crippen LogP contribution in [0.15, 0.2) is 12.2 Å². The maximum absolute atomic E-state index is 6.00. The summed E-state index contributed by atoms with van der Waals surface area (Å²) in [6, 6.07) is 0. The van der Waals surface area contributed by atoms with Gasteiger partial charge in [0.05, 0.1) is 0 Å². The minimum absolute atomic E-state index is 0.111. The lowest BCUT2D eigenvalue weighted by Gasteiger charge is -2.59. The van der Waals surface area contributed by atoms with Gasteiger partial charge in [-0.25, -0.2) is 0 Å². The fraction of sp³-hybridized carbons (Fsp3) is 0.714. The summed E-state index contributed by atoms with van der Waals surface area (Å²) >= 11 is 0. The first-order valence-electron chi connectivity index (χ1n) is 3.64. The highest BCUT2D eigenvalue weighted by Crippen LogP contribution is 2.57. The van der Waals surface area contributed by atoms with Crippen LogP contribution in [0.25, 0.3) is 0 Å². The minimum Gasteiger partial charge on any atom is -0.322 e. The predicted molar refractivity (Wildman–Crippen MR) is 40.9 cm³/mol. The Kier molecular flexibility index (Phi) is 0.779. The van der Waals surface area contributed by atoms with Crippen molar-refractivity contribution < 1.29 is 0 Å². The second kappa shape index (κ2) is 1.26. The van der Waals surface area contributed by atoms with Crippen molar-refractivity contribution in [2.24, 2.45) is 5.73 Å². The zero-order valence-electron chi connectivity index (χ0n) is 5.96. The maximum Gasteiger partial charge on any atom is 0.152 e. The van der Waals surface area contributed by atoms with Crippen LogP contribution in [-0.4, -0.2) is 12.3 Å². The molecule has 2 aliphatic rings. The Bertz CT molecular complexity index is 178. The first-order valence-corrected chi connectivity index (χ1v) is 3.64. The topological polar surface area (TPSA) is 26.0 Å². The monoisotopic (exact) mass is 121 g/mol. The third-order valence-electron chi connectivity index (χ3n) is 3.31. The second-order valence-corrected chi connectivity index (χ2v) is 3.53. The molecule has 1 saturated heterocycles. The second-order valence-electron chi connectivity index (χ2n) is 3.53. The highest BCUT2D eigenvalue weighted by atomic mass is 14.8. The molecule has 0 radical (unpaired) electrons. The van der Waals surface area contributed by atoms with E-state index in [1.807, 2.05) is 0 Å². The summed E-state index contributed by atoms with van der Waals surface area (Å²) in [5.74, 6) is 1.40. The highest BCUT2D eigenvalue weighted by molar-refractivity contribution is 6.66. The van der Waals surface area contributed by atoms with E-state index in [2.05, 4.69) is 25.9 Å². The molecule has 1 nitrogen and oxygen atoms in total. The molecule has 48 valence electrons. The molecule has 0 amide bonds. The van der Waals surface area contributed by atoms with Crippen LogP contribution in [-0.2, 0) is 0 Å². The lowest BCUT2D eigenvalue weighted by Crippen LogP contribution is -2.67. The van der Waals surface area contributed by atoms with Gasteiger partial charge in [-0.2, -0.15) is 0 Å². The standard InChI is InChI=1S/C7H12BN/c1-5-7(9)4-3-6(7)8(5)2/h3-6H,9H2,1-2H3/t5?,6-,7?/m0/s1. The molecule has 2 unspecified atom stereocenters. The van der Waals surface area contributed by atoms with Gasteiger partial charge in [-0.1, -0.05) is 25.9 Å². The van der Waals surface area contributed by atoms with Gasteiger partial charge in [-0.05, 0) is 11.6 Å². The van der Waals surface area contributed by atoms with E-state index in [9.17, 15) is 0 Å². The maximum atomic E-state index is 6.00. The number of hydrogen-bond donors (Lipinski definition) is 1. The molecule has 0 bridgehead atoms. The molecule has 1 aliphatic carbocycles. The summed E-state index contributed by atoms with van der Waals surface area (Å²) in [5, 5.41) is 0. The molecule has 2 rings (SSSR count). The fourth-order valence-corrected chi connectivity index (χ4v) is 2.16. The minimum atomic E-state index is 0.111. The molecule has 1 fully saturated rings. The number of hydrogen-bond acceptors (Lipinski definition) is 1. The number of nitrogens with two attached hydrogens (primary N) is 1. The first-order chi connectivity index (χ1) is 4.16. The Morgan fingerprint density at radius 1 is 1.67 bits per heavy atom. The van der Waals surface area contributed by atoms with Gasteiger partial charge < -0.3 is 5.73 Å². The SMILES string of the molecule is CB1C(C)C2(N)C=C[C@H]12. The van der Waals surface area contributed by atoms with Gasteiger partial charge in [0.15, 0.2) is 6.71 Å². The Balaban J connectivity index is 2.26. The predicted octanol–water partition coefficient (Wildman–Crippen LogP) is 1.15. The van der Waals surface area contributed by atoms with Crippen molar-refractivity contribution in [3.8, 4) is 0 Å².